The van der Waals surface area contributed by atoms with Crippen molar-refractivity contribution in [2.75, 3.05) is 9.80 Å². The molecule has 0 N–H and O–H groups in total. The van der Waals surface area contributed by atoms with Crippen LogP contribution in [-0.4, -0.2) is 0 Å². The Morgan fingerprint density at radius 3 is 1.46 bits per heavy atom. The average Bonchev–Trinajstić information content (AvgIpc) is 3.80. The molecule has 0 saturated carbocycles. The molecule has 11 aromatic carbocycles. The standard InChI is InChI=1S/C64H44N2S/c1-4-17-45(18-5-1)48-35-38-54(39-36-48)65(57-40-37-51-41-50(33-34-52(51)43-57)47-21-8-3-9-22-47)55-25-15-24-53(44-55)58-27-10-12-29-60(58)66(56-26-14-23-49(42-56)46-19-6-2-7-20-46)61-30-16-32-63-64(61)59-28-11-13-31-62(59)67-63/h1-44H. The summed E-state index contributed by atoms with van der Waals surface area (Å²) in [7, 11) is 0. The van der Waals surface area contributed by atoms with E-state index in [0.29, 0.717) is 0 Å². The lowest BCUT2D eigenvalue weighted by Crippen LogP contribution is -2.12. The van der Waals surface area contributed by atoms with Crippen LogP contribution in [0.4, 0.5) is 34.1 Å². The van der Waals surface area contributed by atoms with Crippen LogP contribution in [0.2, 0.25) is 0 Å². The SMILES string of the molecule is c1ccc(-c2ccc(N(c3cccc(-c4ccccc4N(c4cccc(-c5ccccc5)c4)c4cccc5sc6ccccc6c45)c3)c3ccc4cc(-c5ccccc5)ccc4c3)cc2)cc1. The fourth-order valence-electron chi connectivity index (χ4n) is 9.59. The molecule has 0 aliphatic carbocycles. The number of fused-ring (bicyclic) bond motifs is 4. The molecule has 67 heavy (non-hydrogen) atoms. The predicted octanol–water partition coefficient (Wildman–Crippen LogP) is 18.8. The Kier molecular flexibility index (Phi) is 10.4. The van der Waals surface area contributed by atoms with Crippen molar-refractivity contribution in [3.8, 4) is 44.5 Å². The van der Waals surface area contributed by atoms with Gasteiger partial charge >= 0.3 is 0 Å². The summed E-state index contributed by atoms with van der Waals surface area (Å²) >= 11 is 1.85. The van der Waals surface area contributed by atoms with Crippen LogP contribution in [0.15, 0.2) is 267 Å². The number of rotatable bonds is 10. The van der Waals surface area contributed by atoms with Gasteiger partial charge in [-0.2, -0.15) is 0 Å². The average molecular weight is 873 g/mol. The highest BCUT2D eigenvalue weighted by Crippen LogP contribution is 2.48. The highest BCUT2D eigenvalue weighted by atomic mass is 32.1. The summed E-state index contributed by atoms with van der Waals surface area (Å²) in [4.78, 5) is 4.87. The first-order valence-electron chi connectivity index (χ1n) is 22.8. The molecule has 12 aromatic rings. The van der Waals surface area contributed by atoms with Gasteiger partial charge in [0, 0.05) is 48.5 Å². The van der Waals surface area contributed by atoms with Crippen LogP contribution < -0.4 is 9.80 Å². The van der Waals surface area contributed by atoms with Crippen LogP contribution >= 0.6 is 11.3 Å². The summed E-state index contributed by atoms with van der Waals surface area (Å²) < 4.78 is 2.55. The number of thiophene rings is 1. The number of benzene rings is 11. The molecule has 0 fully saturated rings. The van der Waals surface area contributed by atoms with Gasteiger partial charge in [-0.25, -0.2) is 0 Å². The maximum Gasteiger partial charge on any atom is 0.0555 e. The molecule has 2 nitrogen and oxygen atoms in total. The Morgan fingerprint density at radius 1 is 0.254 bits per heavy atom. The third-order valence-electron chi connectivity index (χ3n) is 12.8. The zero-order chi connectivity index (χ0) is 44.5. The first-order chi connectivity index (χ1) is 33.2. The van der Waals surface area contributed by atoms with E-state index in [9.17, 15) is 0 Å². The Labute approximate surface area is 395 Å². The molecule has 0 bridgehead atoms. The summed E-state index contributed by atoms with van der Waals surface area (Å²) in [6.07, 6.45) is 0. The van der Waals surface area contributed by atoms with Crippen molar-refractivity contribution in [1.29, 1.82) is 0 Å². The molecule has 0 aliphatic rings. The lowest BCUT2D eigenvalue weighted by Gasteiger charge is -2.30. The molecule has 0 aliphatic heterocycles. The van der Waals surface area contributed by atoms with E-state index in [2.05, 4.69) is 277 Å². The molecule has 0 spiro atoms. The van der Waals surface area contributed by atoms with Crippen LogP contribution in [0.3, 0.4) is 0 Å². The minimum atomic E-state index is 1.07. The number of hydrogen-bond acceptors (Lipinski definition) is 3. The van der Waals surface area contributed by atoms with Crippen molar-refractivity contribution < 1.29 is 0 Å². The van der Waals surface area contributed by atoms with Gasteiger partial charge < -0.3 is 9.80 Å². The van der Waals surface area contributed by atoms with Crippen molar-refractivity contribution in [3.05, 3.63) is 267 Å². The molecule has 1 aromatic heterocycles. The lowest BCUT2D eigenvalue weighted by atomic mass is 9.98. The molecule has 1 heterocycles. The van der Waals surface area contributed by atoms with E-state index in [1.165, 1.54) is 64.3 Å². The molecule has 0 amide bonds. The van der Waals surface area contributed by atoms with E-state index in [0.717, 1.165) is 45.3 Å². The van der Waals surface area contributed by atoms with Gasteiger partial charge in [0.05, 0.1) is 11.4 Å². The quantitative estimate of drug-likeness (QED) is 0.135. The topological polar surface area (TPSA) is 6.48 Å². The molecule has 0 radical (unpaired) electrons. The molecule has 0 saturated heterocycles. The third kappa shape index (κ3) is 7.72. The van der Waals surface area contributed by atoms with Crippen LogP contribution in [0, 0.1) is 0 Å². The lowest BCUT2D eigenvalue weighted by molar-refractivity contribution is 1.28. The van der Waals surface area contributed by atoms with E-state index in [1.54, 1.807) is 0 Å². The predicted molar refractivity (Wildman–Crippen MR) is 288 cm³/mol. The van der Waals surface area contributed by atoms with E-state index < -0.39 is 0 Å². The molecular weight excluding hydrogens is 829 g/mol. The van der Waals surface area contributed by atoms with Gasteiger partial charge in [0.15, 0.2) is 0 Å². The molecule has 3 heteroatoms. The second-order valence-electron chi connectivity index (χ2n) is 16.9. The maximum absolute atomic E-state index is 2.48. The smallest absolute Gasteiger partial charge is 0.0555 e. The van der Waals surface area contributed by atoms with Gasteiger partial charge in [0.25, 0.3) is 0 Å². The maximum atomic E-state index is 2.48. The summed E-state index contributed by atoms with van der Waals surface area (Å²) in [6.45, 7) is 0. The van der Waals surface area contributed by atoms with Crippen molar-refractivity contribution in [1.82, 2.24) is 0 Å². The minimum Gasteiger partial charge on any atom is -0.310 e. The first-order valence-corrected chi connectivity index (χ1v) is 23.6. The van der Waals surface area contributed by atoms with Crippen LogP contribution in [0.25, 0.3) is 75.5 Å². The summed E-state index contributed by atoms with van der Waals surface area (Å²) in [5, 5.41) is 4.92. The third-order valence-corrected chi connectivity index (χ3v) is 14.0. The Balaban J connectivity index is 1.02. The van der Waals surface area contributed by atoms with E-state index in [-0.39, 0.29) is 0 Å². The Hall–Kier alpha value is -8.50. The van der Waals surface area contributed by atoms with Crippen molar-refractivity contribution in [3.63, 3.8) is 0 Å². The van der Waals surface area contributed by atoms with Crippen LogP contribution in [-0.2, 0) is 0 Å². The molecule has 0 unspecified atom stereocenters. The highest BCUT2D eigenvalue weighted by Gasteiger charge is 2.23. The van der Waals surface area contributed by atoms with Crippen molar-refractivity contribution >= 4 is 76.4 Å². The van der Waals surface area contributed by atoms with E-state index in [1.807, 2.05) is 11.3 Å². The van der Waals surface area contributed by atoms with Gasteiger partial charge in [-0.3, -0.25) is 0 Å². The fourth-order valence-corrected chi connectivity index (χ4v) is 10.7. The summed E-state index contributed by atoms with van der Waals surface area (Å²) in [5.41, 5.74) is 16.0. The van der Waals surface area contributed by atoms with Crippen LogP contribution in [0.1, 0.15) is 0 Å². The van der Waals surface area contributed by atoms with Gasteiger partial charge in [-0.1, -0.05) is 188 Å². The second-order valence-corrected chi connectivity index (χ2v) is 18.0. The van der Waals surface area contributed by atoms with Gasteiger partial charge in [-0.05, 0) is 129 Å². The minimum absolute atomic E-state index is 1.07. The number of para-hydroxylation sites is 1. The highest BCUT2D eigenvalue weighted by molar-refractivity contribution is 7.26. The van der Waals surface area contributed by atoms with Gasteiger partial charge in [-0.15, -0.1) is 11.3 Å². The molecule has 0 atom stereocenters. The molecule has 12 rings (SSSR count). The Bertz CT molecular complexity index is 3690. The van der Waals surface area contributed by atoms with Crippen molar-refractivity contribution in [2.45, 2.75) is 0 Å². The van der Waals surface area contributed by atoms with Crippen LogP contribution in [0.5, 0.6) is 0 Å². The number of hydrogen-bond donors (Lipinski definition) is 0. The first kappa shape index (κ1) is 40.0. The fraction of sp³-hybridized carbons (Fsp3) is 0. The largest absolute Gasteiger partial charge is 0.310 e. The van der Waals surface area contributed by atoms with Gasteiger partial charge in [0.2, 0.25) is 0 Å². The van der Waals surface area contributed by atoms with Gasteiger partial charge in [0.1, 0.15) is 0 Å². The van der Waals surface area contributed by atoms with E-state index >= 15 is 0 Å². The van der Waals surface area contributed by atoms with Crippen molar-refractivity contribution in [2.24, 2.45) is 0 Å². The number of anilines is 6. The molecule has 316 valence electrons. The molecular formula is C64H44N2S. The van der Waals surface area contributed by atoms with E-state index in [4.69, 9.17) is 0 Å². The zero-order valence-corrected chi connectivity index (χ0v) is 37.5. The summed E-state index contributed by atoms with van der Waals surface area (Å²) in [6, 6.07) is 97.0. The normalized spacial score (nSPS) is 11.3. The number of nitrogens with zero attached hydrogens (tertiary/aromatic N) is 2. The monoisotopic (exact) mass is 872 g/mol. The second kappa shape index (κ2) is 17.5. The summed E-state index contributed by atoms with van der Waals surface area (Å²) in [5.74, 6) is 0. The zero-order valence-electron chi connectivity index (χ0n) is 36.7. The Morgan fingerprint density at radius 2 is 0.716 bits per heavy atom.